The summed E-state index contributed by atoms with van der Waals surface area (Å²) in [6, 6.07) is 24.7. The van der Waals surface area contributed by atoms with Crippen LogP contribution >= 0.6 is 0 Å². The van der Waals surface area contributed by atoms with E-state index < -0.39 is 0 Å². The molecule has 3 aromatic carbocycles. The molecule has 0 aliphatic carbocycles. The number of nitrogens with zero attached hydrogens (tertiary/aromatic N) is 1. The lowest BCUT2D eigenvalue weighted by molar-refractivity contribution is -0.671. The lowest BCUT2D eigenvalue weighted by Gasteiger charge is -2.09. The highest BCUT2D eigenvalue weighted by Crippen LogP contribution is 2.26. The molecule has 0 bridgehead atoms. The van der Waals surface area contributed by atoms with Crippen molar-refractivity contribution in [3.05, 3.63) is 89.7 Å². The first-order valence-electron chi connectivity index (χ1n) is 9.05. The van der Waals surface area contributed by atoms with Crippen molar-refractivity contribution in [3.8, 4) is 11.5 Å². The fourth-order valence-electron chi connectivity index (χ4n) is 3.24. The van der Waals surface area contributed by atoms with Crippen LogP contribution in [0.2, 0.25) is 0 Å². The Balaban J connectivity index is 1.66. The molecule has 0 atom stereocenters. The number of H-pyrrole nitrogens is 1. The molecule has 0 saturated carbocycles. The number of rotatable bonds is 6. The van der Waals surface area contributed by atoms with E-state index in [9.17, 15) is 0 Å². The van der Waals surface area contributed by atoms with Gasteiger partial charge in [0.2, 0.25) is 0 Å². The molecule has 27 heavy (non-hydrogen) atoms. The van der Waals surface area contributed by atoms with Gasteiger partial charge < -0.3 is 9.47 Å². The van der Waals surface area contributed by atoms with Crippen molar-refractivity contribution in [1.82, 2.24) is 4.98 Å². The van der Waals surface area contributed by atoms with Gasteiger partial charge >= 0.3 is 0 Å². The number of aromatic nitrogens is 2. The van der Waals surface area contributed by atoms with Crippen LogP contribution in [0.4, 0.5) is 0 Å². The summed E-state index contributed by atoms with van der Waals surface area (Å²) in [6.45, 7) is 3.32. The number of imidazole rings is 1. The van der Waals surface area contributed by atoms with Gasteiger partial charge in [-0.2, -0.15) is 0 Å². The number of para-hydroxylation sites is 4. The van der Waals surface area contributed by atoms with E-state index in [1.165, 1.54) is 11.1 Å². The number of hydrogen-bond donors (Lipinski definition) is 1. The van der Waals surface area contributed by atoms with Crippen LogP contribution in [-0.4, -0.2) is 12.1 Å². The fourth-order valence-corrected chi connectivity index (χ4v) is 3.24. The van der Waals surface area contributed by atoms with Gasteiger partial charge in [0, 0.05) is 0 Å². The van der Waals surface area contributed by atoms with E-state index in [0.717, 1.165) is 34.9 Å². The van der Waals surface area contributed by atoms with Crippen molar-refractivity contribution in [2.24, 2.45) is 0 Å². The summed E-state index contributed by atoms with van der Waals surface area (Å²) < 4.78 is 13.7. The number of aryl methyl sites for hydroxylation is 1. The van der Waals surface area contributed by atoms with Gasteiger partial charge in [-0.15, -0.1) is 0 Å². The Morgan fingerprint density at radius 3 is 2.33 bits per heavy atom. The van der Waals surface area contributed by atoms with E-state index in [4.69, 9.17) is 9.47 Å². The highest BCUT2D eigenvalue weighted by Gasteiger charge is 2.19. The summed E-state index contributed by atoms with van der Waals surface area (Å²) in [5.74, 6) is 2.49. The monoisotopic (exact) mass is 359 g/mol. The van der Waals surface area contributed by atoms with Gasteiger partial charge in [-0.3, -0.25) is 0 Å². The molecule has 4 heteroatoms. The van der Waals surface area contributed by atoms with Crippen LogP contribution in [0.15, 0.2) is 72.8 Å². The molecule has 1 N–H and O–H groups in total. The topological polar surface area (TPSA) is 38.1 Å². The summed E-state index contributed by atoms with van der Waals surface area (Å²) in [4.78, 5) is 3.50. The number of benzene rings is 3. The standard InChI is InChI=1S/C23H22N2O2/c1-17-11-13-18(14-12-17)15-25-20-8-4-3-7-19(20)24-23(25)16-27-22-10-6-5-9-21(22)26-2/h3-14H,15-16H2,1-2H3/p+1. The first-order valence-corrected chi connectivity index (χ1v) is 9.05. The molecule has 4 aromatic rings. The van der Waals surface area contributed by atoms with Crippen LogP contribution in [0.1, 0.15) is 17.0 Å². The first-order chi connectivity index (χ1) is 13.2. The summed E-state index contributed by atoms with van der Waals surface area (Å²) in [5.41, 5.74) is 4.79. The van der Waals surface area contributed by atoms with E-state index in [2.05, 4.69) is 58.9 Å². The molecule has 4 nitrogen and oxygen atoms in total. The molecule has 1 heterocycles. The fraction of sp³-hybridized carbons (Fsp3) is 0.174. The minimum Gasteiger partial charge on any atom is -0.493 e. The third-order valence-electron chi connectivity index (χ3n) is 4.69. The van der Waals surface area contributed by atoms with E-state index in [1.807, 2.05) is 30.3 Å². The van der Waals surface area contributed by atoms with Crippen molar-refractivity contribution in [2.75, 3.05) is 7.11 Å². The quantitative estimate of drug-likeness (QED) is 0.518. The molecule has 136 valence electrons. The Bertz CT molecular complexity index is 1050. The summed E-state index contributed by atoms with van der Waals surface area (Å²) in [7, 11) is 1.66. The van der Waals surface area contributed by atoms with Crippen LogP contribution in [0, 0.1) is 6.92 Å². The molecule has 0 aliphatic rings. The van der Waals surface area contributed by atoms with E-state index in [-0.39, 0.29) is 0 Å². The molecular formula is C23H23N2O2+. The maximum Gasteiger partial charge on any atom is 0.294 e. The Hall–Kier alpha value is -3.27. The zero-order valence-electron chi connectivity index (χ0n) is 15.6. The van der Waals surface area contributed by atoms with Crippen molar-refractivity contribution in [2.45, 2.75) is 20.1 Å². The Morgan fingerprint density at radius 2 is 1.56 bits per heavy atom. The highest BCUT2D eigenvalue weighted by molar-refractivity contribution is 5.71. The van der Waals surface area contributed by atoms with Crippen LogP contribution < -0.4 is 14.0 Å². The minimum absolute atomic E-state index is 0.431. The average Bonchev–Trinajstić information content (AvgIpc) is 3.06. The molecule has 0 radical (unpaired) electrons. The molecule has 0 unspecified atom stereocenters. The third-order valence-corrected chi connectivity index (χ3v) is 4.69. The molecule has 0 spiro atoms. The first kappa shape index (κ1) is 17.2. The Labute approximate surface area is 159 Å². The minimum atomic E-state index is 0.431. The third kappa shape index (κ3) is 3.65. The molecule has 4 rings (SSSR count). The normalized spacial score (nSPS) is 10.9. The predicted octanol–water partition coefficient (Wildman–Crippen LogP) is 4.40. The van der Waals surface area contributed by atoms with E-state index in [0.29, 0.717) is 6.61 Å². The Morgan fingerprint density at radius 1 is 0.852 bits per heavy atom. The smallest absolute Gasteiger partial charge is 0.294 e. The number of nitrogens with one attached hydrogen (secondary N) is 1. The van der Waals surface area contributed by atoms with Gasteiger partial charge in [0.15, 0.2) is 29.1 Å². The molecule has 0 saturated heterocycles. The second-order valence-electron chi connectivity index (χ2n) is 6.60. The average molecular weight is 359 g/mol. The Kier molecular flexibility index (Phi) is 4.79. The van der Waals surface area contributed by atoms with Crippen molar-refractivity contribution in [1.29, 1.82) is 0 Å². The number of fused-ring (bicyclic) bond motifs is 1. The second-order valence-corrected chi connectivity index (χ2v) is 6.60. The molecule has 0 fully saturated rings. The van der Waals surface area contributed by atoms with E-state index in [1.54, 1.807) is 7.11 Å². The van der Waals surface area contributed by atoms with Gasteiger partial charge in [-0.05, 0) is 36.8 Å². The lowest BCUT2D eigenvalue weighted by atomic mass is 10.1. The zero-order chi connectivity index (χ0) is 18.6. The number of ether oxygens (including phenoxy) is 2. The van der Waals surface area contributed by atoms with E-state index >= 15 is 0 Å². The number of methoxy groups -OCH3 is 1. The zero-order valence-corrected chi connectivity index (χ0v) is 15.6. The van der Waals surface area contributed by atoms with Crippen LogP contribution in [0.25, 0.3) is 11.0 Å². The van der Waals surface area contributed by atoms with Gasteiger partial charge in [-0.1, -0.05) is 54.1 Å². The van der Waals surface area contributed by atoms with Crippen molar-refractivity contribution >= 4 is 11.0 Å². The van der Waals surface area contributed by atoms with Gasteiger partial charge in [0.1, 0.15) is 6.54 Å². The molecule has 1 aromatic heterocycles. The molecule has 0 aliphatic heterocycles. The van der Waals surface area contributed by atoms with Gasteiger partial charge in [0.05, 0.1) is 7.11 Å². The van der Waals surface area contributed by atoms with Crippen LogP contribution in [-0.2, 0) is 13.2 Å². The highest BCUT2D eigenvalue weighted by atomic mass is 16.5. The van der Waals surface area contributed by atoms with Gasteiger partial charge in [0.25, 0.3) is 5.82 Å². The van der Waals surface area contributed by atoms with Crippen molar-refractivity contribution < 1.29 is 14.0 Å². The van der Waals surface area contributed by atoms with Crippen molar-refractivity contribution in [3.63, 3.8) is 0 Å². The van der Waals surface area contributed by atoms with Crippen LogP contribution in [0.5, 0.6) is 11.5 Å². The molecular weight excluding hydrogens is 336 g/mol. The number of aromatic amines is 1. The summed E-state index contributed by atoms with van der Waals surface area (Å²) in [5, 5.41) is 0. The summed E-state index contributed by atoms with van der Waals surface area (Å²) in [6.07, 6.45) is 0. The van der Waals surface area contributed by atoms with Crippen LogP contribution in [0.3, 0.4) is 0 Å². The predicted molar refractivity (Wildman–Crippen MR) is 106 cm³/mol. The largest absolute Gasteiger partial charge is 0.493 e. The maximum atomic E-state index is 6.06. The maximum absolute atomic E-state index is 6.06. The molecule has 0 amide bonds. The number of hydrogen-bond acceptors (Lipinski definition) is 2. The summed E-state index contributed by atoms with van der Waals surface area (Å²) >= 11 is 0. The second kappa shape index (κ2) is 7.54. The van der Waals surface area contributed by atoms with Gasteiger partial charge in [-0.25, -0.2) is 9.55 Å². The lowest BCUT2D eigenvalue weighted by Crippen LogP contribution is -2.38. The SMILES string of the molecule is COc1ccccc1OCc1[nH]c2ccccc2[n+]1Cc1ccc(C)cc1.